The summed E-state index contributed by atoms with van der Waals surface area (Å²) in [5.41, 5.74) is 1.14. The van der Waals surface area contributed by atoms with Crippen LogP contribution in [-0.2, 0) is 16.6 Å². The molecule has 0 radical (unpaired) electrons. The Kier molecular flexibility index (Phi) is 4.65. The van der Waals surface area contributed by atoms with Crippen LogP contribution in [0, 0.1) is 6.92 Å². The molecule has 6 nitrogen and oxygen atoms in total. The number of aryl methyl sites for hydroxylation is 1. The van der Waals surface area contributed by atoms with Gasteiger partial charge in [-0.25, -0.2) is 4.79 Å². The van der Waals surface area contributed by atoms with Crippen molar-refractivity contribution in [3.63, 3.8) is 0 Å². The third kappa shape index (κ3) is 3.25. The van der Waals surface area contributed by atoms with E-state index >= 15 is 0 Å². The van der Waals surface area contributed by atoms with E-state index in [1.54, 1.807) is 18.7 Å². The van der Waals surface area contributed by atoms with Gasteiger partial charge in [-0.15, -0.1) is 0 Å². The fraction of sp³-hybridized carbons (Fsp3) is 0.667. The number of esters is 1. The molecule has 0 bridgehead atoms. The molecule has 0 aromatic carbocycles. The molecular formula is C15H23N3O3. The molecule has 2 heterocycles. The standard InChI is InChI=1S/C15H23N3O3/c1-10-6-5-7-11(2)18(10)14(19)9-21-15(20)13-8-16-17(4)12(13)3/h8,10-11H,5-7,9H2,1-4H3. The number of aromatic nitrogens is 2. The van der Waals surface area contributed by atoms with Crippen molar-refractivity contribution < 1.29 is 14.3 Å². The Bertz CT molecular complexity index is 528. The Labute approximate surface area is 125 Å². The van der Waals surface area contributed by atoms with Crippen LogP contribution in [0.3, 0.4) is 0 Å². The lowest BCUT2D eigenvalue weighted by molar-refractivity contribution is -0.140. The quantitative estimate of drug-likeness (QED) is 0.795. The molecule has 1 saturated heterocycles. The molecular weight excluding hydrogens is 270 g/mol. The molecule has 1 aromatic heterocycles. The van der Waals surface area contributed by atoms with Gasteiger partial charge in [0.2, 0.25) is 0 Å². The summed E-state index contributed by atoms with van der Waals surface area (Å²) in [5.74, 6) is -0.615. The first-order chi connectivity index (χ1) is 9.91. The monoisotopic (exact) mass is 293 g/mol. The Morgan fingerprint density at radius 2 is 1.95 bits per heavy atom. The molecule has 0 spiro atoms. The van der Waals surface area contributed by atoms with Gasteiger partial charge in [-0.1, -0.05) is 0 Å². The molecule has 6 heteroatoms. The summed E-state index contributed by atoms with van der Waals surface area (Å²) >= 11 is 0. The van der Waals surface area contributed by atoms with Crippen LogP contribution < -0.4 is 0 Å². The molecule has 1 aromatic rings. The Hall–Kier alpha value is -1.85. The first-order valence-electron chi connectivity index (χ1n) is 7.38. The van der Waals surface area contributed by atoms with Crippen molar-refractivity contribution in [2.45, 2.75) is 52.1 Å². The van der Waals surface area contributed by atoms with Gasteiger partial charge < -0.3 is 9.64 Å². The van der Waals surface area contributed by atoms with Crippen molar-refractivity contribution in [1.29, 1.82) is 0 Å². The van der Waals surface area contributed by atoms with E-state index in [-0.39, 0.29) is 24.6 Å². The SMILES string of the molecule is Cc1c(C(=O)OCC(=O)N2C(C)CCCC2C)cnn1C. The van der Waals surface area contributed by atoms with E-state index in [0.29, 0.717) is 5.56 Å². The first-order valence-corrected chi connectivity index (χ1v) is 7.38. The molecule has 0 saturated carbocycles. The smallest absolute Gasteiger partial charge is 0.342 e. The van der Waals surface area contributed by atoms with Crippen LogP contribution in [-0.4, -0.2) is 45.2 Å². The minimum atomic E-state index is -0.494. The van der Waals surface area contributed by atoms with Crippen molar-refractivity contribution in [2.24, 2.45) is 7.05 Å². The number of likely N-dealkylation sites (tertiary alicyclic amines) is 1. The van der Waals surface area contributed by atoms with E-state index in [0.717, 1.165) is 25.0 Å². The van der Waals surface area contributed by atoms with E-state index in [2.05, 4.69) is 5.10 Å². The highest BCUT2D eigenvalue weighted by Gasteiger charge is 2.29. The molecule has 1 aliphatic heterocycles. The summed E-state index contributed by atoms with van der Waals surface area (Å²) in [4.78, 5) is 26.1. The van der Waals surface area contributed by atoms with E-state index < -0.39 is 5.97 Å². The van der Waals surface area contributed by atoms with E-state index in [9.17, 15) is 9.59 Å². The molecule has 0 N–H and O–H groups in total. The maximum Gasteiger partial charge on any atom is 0.342 e. The highest BCUT2D eigenvalue weighted by atomic mass is 16.5. The van der Waals surface area contributed by atoms with Gasteiger partial charge in [-0.05, 0) is 40.0 Å². The number of ether oxygens (including phenoxy) is 1. The number of carbonyl (C=O) groups excluding carboxylic acids is 2. The average molecular weight is 293 g/mol. The summed E-state index contributed by atoms with van der Waals surface area (Å²) < 4.78 is 6.75. The number of piperidine rings is 1. The second kappa shape index (κ2) is 6.28. The third-order valence-corrected chi connectivity index (χ3v) is 4.26. The minimum absolute atomic E-state index is 0.121. The van der Waals surface area contributed by atoms with Crippen LogP contribution in [0.4, 0.5) is 0 Å². The number of hydrogen-bond acceptors (Lipinski definition) is 4. The lowest BCUT2D eigenvalue weighted by Gasteiger charge is -2.38. The first kappa shape index (κ1) is 15.5. The lowest BCUT2D eigenvalue weighted by atomic mass is 9.97. The molecule has 2 rings (SSSR count). The Morgan fingerprint density at radius 3 is 2.48 bits per heavy atom. The van der Waals surface area contributed by atoms with Gasteiger partial charge in [0.05, 0.1) is 6.20 Å². The zero-order valence-electron chi connectivity index (χ0n) is 13.1. The van der Waals surface area contributed by atoms with Gasteiger partial charge in [-0.3, -0.25) is 9.48 Å². The zero-order valence-corrected chi connectivity index (χ0v) is 13.1. The number of amides is 1. The summed E-state index contributed by atoms with van der Waals surface area (Å²) in [6.07, 6.45) is 4.62. The molecule has 2 atom stereocenters. The molecule has 1 aliphatic rings. The van der Waals surface area contributed by atoms with Crippen LogP contribution in [0.5, 0.6) is 0 Å². The van der Waals surface area contributed by atoms with E-state index in [1.165, 1.54) is 6.20 Å². The molecule has 1 amide bonds. The molecule has 0 aliphatic carbocycles. The maximum absolute atomic E-state index is 12.3. The second-order valence-electron chi connectivity index (χ2n) is 5.77. The van der Waals surface area contributed by atoms with E-state index in [4.69, 9.17) is 4.74 Å². The third-order valence-electron chi connectivity index (χ3n) is 4.26. The van der Waals surface area contributed by atoms with Crippen molar-refractivity contribution in [2.75, 3.05) is 6.61 Å². The minimum Gasteiger partial charge on any atom is -0.452 e. The van der Waals surface area contributed by atoms with Crippen LogP contribution in [0.15, 0.2) is 6.20 Å². The maximum atomic E-state index is 12.3. The van der Waals surface area contributed by atoms with Crippen LogP contribution in [0.2, 0.25) is 0 Å². The van der Waals surface area contributed by atoms with Gasteiger partial charge in [-0.2, -0.15) is 5.10 Å². The molecule has 21 heavy (non-hydrogen) atoms. The topological polar surface area (TPSA) is 64.4 Å². The summed E-state index contributed by atoms with van der Waals surface area (Å²) in [5, 5.41) is 4.00. The fourth-order valence-electron chi connectivity index (χ4n) is 2.89. The van der Waals surface area contributed by atoms with Crippen molar-refractivity contribution in [3.8, 4) is 0 Å². The lowest BCUT2D eigenvalue weighted by Crippen LogP contribution is -2.49. The number of hydrogen-bond donors (Lipinski definition) is 0. The van der Waals surface area contributed by atoms with Crippen molar-refractivity contribution in [3.05, 3.63) is 17.5 Å². The van der Waals surface area contributed by atoms with Crippen molar-refractivity contribution >= 4 is 11.9 Å². The zero-order chi connectivity index (χ0) is 15.6. The fourth-order valence-corrected chi connectivity index (χ4v) is 2.89. The Balaban J connectivity index is 1.94. The summed E-state index contributed by atoms with van der Waals surface area (Å²) in [6.45, 7) is 5.67. The van der Waals surface area contributed by atoms with Gasteiger partial charge >= 0.3 is 5.97 Å². The van der Waals surface area contributed by atoms with Gasteiger partial charge in [0.25, 0.3) is 5.91 Å². The second-order valence-corrected chi connectivity index (χ2v) is 5.77. The number of carbonyl (C=O) groups is 2. The molecule has 2 unspecified atom stereocenters. The van der Waals surface area contributed by atoms with Gasteiger partial charge in [0.15, 0.2) is 6.61 Å². The number of rotatable bonds is 3. The van der Waals surface area contributed by atoms with E-state index in [1.807, 2.05) is 18.7 Å². The highest BCUT2D eigenvalue weighted by Crippen LogP contribution is 2.22. The van der Waals surface area contributed by atoms with Gasteiger partial charge in [0, 0.05) is 24.8 Å². The average Bonchev–Trinajstić information content (AvgIpc) is 2.76. The van der Waals surface area contributed by atoms with Crippen LogP contribution in [0.1, 0.15) is 49.2 Å². The van der Waals surface area contributed by atoms with Crippen LogP contribution >= 0.6 is 0 Å². The number of nitrogens with zero attached hydrogens (tertiary/aromatic N) is 3. The summed E-state index contributed by atoms with van der Waals surface area (Å²) in [6, 6.07) is 0.417. The molecule has 1 fully saturated rings. The van der Waals surface area contributed by atoms with Crippen molar-refractivity contribution in [1.82, 2.24) is 14.7 Å². The predicted molar refractivity (Wildman–Crippen MR) is 77.8 cm³/mol. The van der Waals surface area contributed by atoms with Gasteiger partial charge in [0.1, 0.15) is 5.56 Å². The van der Waals surface area contributed by atoms with Crippen LogP contribution in [0.25, 0.3) is 0 Å². The highest BCUT2D eigenvalue weighted by molar-refractivity contribution is 5.92. The summed E-state index contributed by atoms with van der Waals surface area (Å²) in [7, 11) is 1.76. The predicted octanol–water partition coefficient (Wildman–Crippen LogP) is 1.67. The molecule has 116 valence electrons. The normalized spacial score (nSPS) is 22.2. The Morgan fingerprint density at radius 1 is 1.33 bits per heavy atom. The largest absolute Gasteiger partial charge is 0.452 e.